The minimum Gasteiger partial charge on any atom is -0.496 e. The monoisotopic (exact) mass is 203 g/mol. The molecule has 0 aliphatic carbocycles. The number of para-hydroxylation sites is 1. The molecule has 2 heteroatoms. The van der Waals surface area contributed by atoms with Crippen LogP contribution in [0, 0.1) is 11.8 Å². The van der Waals surface area contributed by atoms with Crippen molar-refractivity contribution in [2.24, 2.45) is 0 Å². The Morgan fingerprint density at radius 3 is 2.80 bits per heavy atom. The highest BCUT2D eigenvalue weighted by Crippen LogP contribution is 2.23. The highest BCUT2D eigenvalue weighted by Gasteiger charge is 2.08. The van der Waals surface area contributed by atoms with Gasteiger partial charge in [-0.25, -0.2) is 0 Å². The second-order valence-electron chi connectivity index (χ2n) is 3.27. The molecular weight excluding hydrogens is 186 g/mol. The summed E-state index contributed by atoms with van der Waals surface area (Å²) in [5.74, 6) is 6.76. The summed E-state index contributed by atoms with van der Waals surface area (Å²) in [5, 5.41) is 3.32. The zero-order valence-electron chi connectivity index (χ0n) is 9.50. The molecule has 0 unspecified atom stereocenters. The Morgan fingerprint density at radius 2 is 2.13 bits per heavy atom. The second-order valence-corrected chi connectivity index (χ2v) is 3.27. The van der Waals surface area contributed by atoms with Crippen LogP contribution in [-0.2, 0) is 0 Å². The van der Waals surface area contributed by atoms with Crippen LogP contribution in [0.1, 0.15) is 25.5 Å². The molecule has 0 radical (unpaired) electrons. The molecule has 0 saturated carbocycles. The largest absolute Gasteiger partial charge is 0.496 e. The minimum absolute atomic E-state index is 0.252. The summed E-state index contributed by atoms with van der Waals surface area (Å²) in [7, 11) is 1.69. The van der Waals surface area contributed by atoms with Crippen molar-refractivity contribution in [2.45, 2.75) is 19.9 Å². The fraction of sp³-hybridized carbons (Fsp3) is 0.385. The van der Waals surface area contributed by atoms with Gasteiger partial charge < -0.3 is 4.74 Å². The summed E-state index contributed by atoms with van der Waals surface area (Å²) in [4.78, 5) is 0. The molecule has 0 saturated heterocycles. The first-order chi connectivity index (χ1) is 7.29. The van der Waals surface area contributed by atoms with Gasteiger partial charge in [-0.15, -0.1) is 5.92 Å². The summed E-state index contributed by atoms with van der Waals surface area (Å²) in [6.07, 6.45) is 0. The standard InChI is InChI=1S/C13H17NO/c1-4-5-10-14-11(2)12-8-6-7-9-13(12)15-3/h6-9,11,14H,10H2,1-3H3/t11-/m1/s1. The Labute approximate surface area is 91.6 Å². The molecule has 0 heterocycles. The van der Waals surface area contributed by atoms with Gasteiger partial charge in [-0.2, -0.15) is 0 Å². The zero-order chi connectivity index (χ0) is 11.1. The van der Waals surface area contributed by atoms with Gasteiger partial charge in [0.05, 0.1) is 13.7 Å². The Balaban J connectivity index is 2.70. The van der Waals surface area contributed by atoms with E-state index >= 15 is 0 Å². The van der Waals surface area contributed by atoms with Crippen LogP contribution >= 0.6 is 0 Å². The molecule has 1 rings (SSSR count). The summed E-state index contributed by atoms with van der Waals surface area (Å²) in [5.41, 5.74) is 1.16. The normalized spacial score (nSPS) is 11.4. The lowest BCUT2D eigenvalue weighted by atomic mass is 10.1. The third kappa shape index (κ3) is 3.30. The van der Waals surface area contributed by atoms with Gasteiger partial charge in [-0.1, -0.05) is 24.1 Å². The number of hydrogen-bond acceptors (Lipinski definition) is 2. The lowest BCUT2D eigenvalue weighted by molar-refractivity contribution is 0.403. The van der Waals surface area contributed by atoms with Crippen molar-refractivity contribution < 1.29 is 4.74 Å². The van der Waals surface area contributed by atoms with Crippen molar-refractivity contribution in [2.75, 3.05) is 13.7 Å². The van der Waals surface area contributed by atoms with Gasteiger partial charge in [0.15, 0.2) is 0 Å². The van der Waals surface area contributed by atoms with Crippen molar-refractivity contribution in [1.29, 1.82) is 0 Å². The average molecular weight is 203 g/mol. The van der Waals surface area contributed by atoms with Crippen LogP contribution in [0.4, 0.5) is 0 Å². The maximum absolute atomic E-state index is 5.30. The van der Waals surface area contributed by atoms with E-state index in [1.165, 1.54) is 0 Å². The second kappa shape index (κ2) is 6.10. The molecule has 0 aromatic heterocycles. The fourth-order valence-electron chi connectivity index (χ4n) is 1.43. The maximum atomic E-state index is 5.30. The van der Waals surface area contributed by atoms with E-state index in [4.69, 9.17) is 4.74 Å². The maximum Gasteiger partial charge on any atom is 0.123 e. The van der Waals surface area contributed by atoms with Crippen molar-refractivity contribution in [3.05, 3.63) is 29.8 Å². The molecule has 0 amide bonds. The topological polar surface area (TPSA) is 21.3 Å². The molecule has 15 heavy (non-hydrogen) atoms. The van der Waals surface area contributed by atoms with Gasteiger partial charge >= 0.3 is 0 Å². The van der Waals surface area contributed by atoms with Crippen molar-refractivity contribution in [3.8, 4) is 17.6 Å². The third-order valence-corrected chi connectivity index (χ3v) is 2.28. The molecule has 2 nitrogen and oxygen atoms in total. The Bertz CT molecular complexity index is 362. The first kappa shape index (κ1) is 11.6. The lowest BCUT2D eigenvalue weighted by Crippen LogP contribution is -2.19. The van der Waals surface area contributed by atoms with Crippen molar-refractivity contribution in [3.63, 3.8) is 0 Å². The summed E-state index contributed by atoms with van der Waals surface area (Å²) in [6, 6.07) is 8.28. The van der Waals surface area contributed by atoms with E-state index in [1.54, 1.807) is 7.11 Å². The predicted molar refractivity (Wildman–Crippen MR) is 62.9 cm³/mol. The number of rotatable bonds is 4. The van der Waals surface area contributed by atoms with Crippen LogP contribution in [0.25, 0.3) is 0 Å². The van der Waals surface area contributed by atoms with E-state index in [0.717, 1.165) is 11.3 Å². The lowest BCUT2D eigenvalue weighted by Gasteiger charge is -2.15. The SMILES string of the molecule is CC#CCN[C@H](C)c1ccccc1OC. The van der Waals surface area contributed by atoms with Crippen molar-refractivity contribution in [1.82, 2.24) is 5.32 Å². The molecule has 0 bridgehead atoms. The minimum atomic E-state index is 0.252. The Kier molecular flexibility index (Phi) is 4.73. The van der Waals surface area contributed by atoms with Crippen LogP contribution in [0.3, 0.4) is 0 Å². The third-order valence-electron chi connectivity index (χ3n) is 2.28. The van der Waals surface area contributed by atoms with Crippen LogP contribution in [0.2, 0.25) is 0 Å². The van der Waals surface area contributed by atoms with Crippen LogP contribution in [-0.4, -0.2) is 13.7 Å². The quantitative estimate of drug-likeness (QED) is 0.758. The van der Waals surface area contributed by atoms with E-state index in [0.29, 0.717) is 6.54 Å². The number of ether oxygens (including phenoxy) is 1. The van der Waals surface area contributed by atoms with Crippen LogP contribution < -0.4 is 10.1 Å². The smallest absolute Gasteiger partial charge is 0.123 e. The average Bonchev–Trinajstić information content (AvgIpc) is 2.29. The summed E-state index contributed by atoms with van der Waals surface area (Å²) in [6.45, 7) is 4.65. The van der Waals surface area contributed by atoms with E-state index in [2.05, 4.69) is 30.1 Å². The number of benzene rings is 1. The van der Waals surface area contributed by atoms with Gasteiger partial charge in [0.1, 0.15) is 5.75 Å². The Hall–Kier alpha value is -1.46. The number of hydrogen-bond donors (Lipinski definition) is 1. The molecule has 1 atom stereocenters. The van der Waals surface area contributed by atoms with Gasteiger partial charge in [0, 0.05) is 11.6 Å². The van der Waals surface area contributed by atoms with E-state index in [9.17, 15) is 0 Å². The van der Waals surface area contributed by atoms with Gasteiger partial charge in [0.2, 0.25) is 0 Å². The Morgan fingerprint density at radius 1 is 1.40 bits per heavy atom. The molecular formula is C13H17NO. The van der Waals surface area contributed by atoms with Crippen LogP contribution in [0.15, 0.2) is 24.3 Å². The number of nitrogens with one attached hydrogen (secondary N) is 1. The first-order valence-electron chi connectivity index (χ1n) is 5.05. The molecule has 0 aliphatic heterocycles. The van der Waals surface area contributed by atoms with Crippen molar-refractivity contribution >= 4 is 0 Å². The highest BCUT2D eigenvalue weighted by molar-refractivity contribution is 5.35. The van der Waals surface area contributed by atoms with Gasteiger partial charge in [-0.05, 0) is 19.9 Å². The van der Waals surface area contributed by atoms with E-state index in [1.807, 2.05) is 25.1 Å². The fourth-order valence-corrected chi connectivity index (χ4v) is 1.43. The molecule has 0 aliphatic rings. The number of methoxy groups -OCH3 is 1. The summed E-state index contributed by atoms with van der Waals surface area (Å²) < 4.78 is 5.30. The highest BCUT2D eigenvalue weighted by atomic mass is 16.5. The predicted octanol–water partition coefficient (Wildman–Crippen LogP) is 2.37. The summed E-state index contributed by atoms with van der Waals surface area (Å²) >= 11 is 0. The zero-order valence-corrected chi connectivity index (χ0v) is 9.50. The van der Waals surface area contributed by atoms with E-state index in [-0.39, 0.29) is 6.04 Å². The molecule has 0 spiro atoms. The molecule has 1 aromatic rings. The first-order valence-corrected chi connectivity index (χ1v) is 5.05. The van der Waals surface area contributed by atoms with Gasteiger partial charge in [0.25, 0.3) is 0 Å². The molecule has 80 valence electrons. The van der Waals surface area contributed by atoms with Crippen LogP contribution in [0.5, 0.6) is 5.75 Å². The molecule has 0 fully saturated rings. The molecule has 1 N–H and O–H groups in total. The van der Waals surface area contributed by atoms with Gasteiger partial charge in [-0.3, -0.25) is 5.32 Å². The van der Waals surface area contributed by atoms with E-state index < -0.39 is 0 Å². The molecule has 1 aromatic carbocycles.